The van der Waals surface area contributed by atoms with Crippen LogP contribution in [0.4, 0.5) is 15.9 Å². The highest BCUT2D eigenvalue weighted by Crippen LogP contribution is 2.23. The van der Waals surface area contributed by atoms with E-state index in [0.29, 0.717) is 27.6 Å². The number of piperidine rings is 1. The Kier molecular flexibility index (Phi) is 5.64. The normalized spacial score (nSPS) is 17.0. The molecule has 3 N–H and O–H groups in total. The summed E-state index contributed by atoms with van der Waals surface area (Å²) in [4.78, 5) is 6.58. The highest BCUT2D eigenvalue weighted by atomic mass is 79.9. The fraction of sp³-hybridized carbons (Fsp3) is 0.438. The molecule has 134 valence electrons. The van der Waals surface area contributed by atoms with Gasteiger partial charge in [0, 0.05) is 6.54 Å². The van der Waals surface area contributed by atoms with Gasteiger partial charge in [-0.15, -0.1) is 0 Å². The van der Waals surface area contributed by atoms with E-state index in [1.807, 2.05) is 0 Å². The third-order valence-electron chi connectivity index (χ3n) is 4.28. The van der Waals surface area contributed by atoms with Gasteiger partial charge >= 0.3 is 0 Å². The van der Waals surface area contributed by atoms with E-state index in [9.17, 15) is 4.39 Å². The number of anilines is 1. The fourth-order valence-electron chi connectivity index (χ4n) is 2.73. The second-order valence-corrected chi connectivity index (χ2v) is 7.04. The number of aromatic nitrogens is 2. The molecule has 25 heavy (non-hydrogen) atoms. The van der Waals surface area contributed by atoms with Crippen molar-refractivity contribution in [3.05, 3.63) is 34.2 Å². The zero-order valence-electron chi connectivity index (χ0n) is 13.9. The van der Waals surface area contributed by atoms with Gasteiger partial charge in [0.2, 0.25) is 5.82 Å². The molecule has 1 saturated heterocycles. The Bertz CT molecular complexity index is 757. The Morgan fingerprint density at radius 2 is 2.20 bits per heavy atom. The summed E-state index contributed by atoms with van der Waals surface area (Å²) in [6, 6.07) is 4.39. The molecule has 2 aromatic rings. The van der Waals surface area contributed by atoms with E-state index in [0.717, 1.165) is 32.5 Å². The quantitative estimate of drug-likeness (QED) is 0.581. The highest BCUT2D eigenvalue weighted by molar-refractivity contribution is 9.10. The summed E-state index contributed by atoms with van der Waals surface area (Å²) in [6.45, 7) is 2.98. The lowest BCUT2D eigenvalue weighted by Crippen LogP contribution is -2.33. The van der Waals surface area contributed by atoms with Crippen LogP contribution in [0.5, 0.6) is 0 Å². The van der Waals surface area contributed by atoms with E-state index in [2.05, 4.69) is 48.5 Å². The van der Waals surface area contributed by atoms with Crippen LogP contribution in [-0.2, 0) is 0 Å². The number of halogens is 2. The van der Waals surface area contributed by atoms with E-state index in [-0.39, 0.29) is 11.7 Å². The molecule has 7 nitrogen and oxygen atoms in total. The van der Waals surface area contributed by atoms with Gasteiger partial charge in [-0.1, -0.05) is 0 Å². The minimum Gasteiger partial charge on any atom is -0.382 e. The van der Waals surface area contributed by atoms with Crippen LogP contribution in [0.25, 0.3) is 0 Å². The second-order valence-electron chi connectivity index (χ2n) is 6.18. The molecule has 0 atom stereocenters. The number of nitrogens with two attached hydrogens (primary N) is 1. The Morgan fingerprint density at radius 1 is 1.44 bits per heavy atom. The minimum atomic E-state index is -0.360. The van der Waals surface area contributed by atoms with E-state index < -0.39 is 0 Å². The summed E-state index contributed by atoms with van der Waals surface area (Å²) < 4.78 is 18.4. The maximum Gasteiger partial charge on any atom is 0.202 e. The summed E-state index contributed by atoms with van der Waals surface area (Å²) in [5.41, 5.74) is 6.88. The van der Waals surface area contributed by atoms with E-state index >= 15 is 0 Å². The van der Waals surface area contributed by atoms with Crippen LogP contribution >= 0.6 is 15.9 Å². The predicted molar refractivity (Wildman–Crippen MR) is 97.5 cm³/mol. The first kappa shape index (κ1) is 17.8. The number of likely N-dealkylation sites (tertiary alicyclic amines) is 1. The molecular formula is C16H20BrFN6O. The fourth-order valence-corrected chi connectivity index (χ4v) is 3.09. The largest absolute Gasteiger partial charge is 0.382 e. The van der Waals surface area contributed by atoms with E-state index in [1.165, 1.54) is 12.1 Å². The molecule has 9 heteroatoms. The van der Waals surface area contributed by atoms with Crippen molar-refractivity contribution in [2.24, 2.45) is 16.6 Å². The second kappa shape index (κ2) is 7.92. The van der Waals surface area contributed by atoms with E-state index in [1.54, 1.807) is 6.07 Å². The van der Waals surface area contributed by atoms with Crippen molar-refractivity contribution in [1.29, 1.82) is 0 Å². The third-order valence-corrected chi connectivity index (χ3v) is 4.89. The maximum absolute atomic E-state index is 13.3. The number of rotatable bonds is 5. The molecule has 1 aromatic heterocycles. The van der Waals surface area contributed by atoms with Crippen molar-refractivity contribution in [1.82, 2.24) is 15.2 Å². The molecular weight excluding hydrogens is 391 g/mol. The molecule has 1 fully saturated rings. The van der Waals surface area contributed by atoms with Gasteiger partial charge in [0.15, 0.2) is 11.5 Å². The average Bonchev–Trinajstić information content (AvgIpc) is 3.06. The molecule has 1 aliphatic heterocycles. The van der Waals surface area contributed by atoms with Crippen LogP contribution < -0.4 is 11.1 Å². The Hall–Kier alpha value is -2.00. The van der Waals surface area contributed by atoms with Crippen LogP contribution in [0.1, 0.15) is 18.5 Å². The first-order valence-corrected chi connectivity index (χ1v) is 8.87. The lowest BCUT2D eigenvalue weighted by molar-refractivity contribution is 0.226. The molecule has 0 unspecified atom stereocenters. The topological polar surface area (TPSA) is 92.6 Å². The molecule has 3 rings (SSSR count). The molecule has 0 spiro atoms. The van der Waals surface area contributed by atoms with Gasteiger partial charge < -0.3 is 16.0 Å². The lowest BCUT2D eigenvalue weighted by atomic mass is 9.97. The monoisotopic (exact) mass is 410 g/mol. The molecule has 1 aliphatic rings. The Labute approximate surface area is 153 Å². The Morgan fingerprint density at radius 3 is 2.92 bits per heavy atom. The summed E-state index contributed by atoms with van der Waals surface area (Å²) in [5, 5.41) is 11.0. The van der Waals surface area contributed by atoms with Gasteiger partial charge in [-0.2, -0.15) is 0 Å². The molecule has 0 radical (unpaired) electrons. The van der Waals surface area contributed by atoms with Gasteiger partial charge in [0.1, 0.15) is 5.82 Å². The number of benzene rings is 1. The number of hydrogen-bond donors (Lipinski definition) is 2. The molecule has 0 aliphatic carbocycles. The average molecular weight is 411 g/mol. The summed E-state index contributed by atoms with van der Waals surface area (Å²) in [5.74, 6) is 0.847. The summed E-state index contributed by atoms with van der Waals surface area (Å²) in [7, 11) is 2.13. The van der Waals surface area contributed by atoms with Gasteiger partial charge in [0.05, 0.1) is 10.2 Å². The lowest BCUT2D eigenvalue weighted by Gasteiger charge is -2.28. The molecule has 0 bridgehead atoms. The molecule has 1 aromatic carbocycles. The zero-order chi connectivity index (χ0) is 17.8. The summed E-state index contributed by atoms with van der Waals surface area (Å²) in [6.07, 6.45) is 2.27. The molecule has 0 amide bonds. The van der Waals surface area contributed by atoms with Crippen LogP contribution in [0.15, 0.2) is 32.3 Å². The standard InChI is InChI=1S/C16H20BrFN6O/c1-24-6-4-10(5-7-24)9-20-16-14(22-25-23-16)15(19)21-11-2-3-13(18)12(17)8-11/h2-3,8,10H,4-7,9H2,1H3,(H2,19,21)(H,20,23). The number of nitrogens with zero attached hydrogens (tertiary/aromatic N) is 4. The van der Waals surface area contributed by atoms with Crippen LogP contribution in [0.2, 0.25) is 0 Å². The SMILES string of the molecule is CN1CCC(CNc2nonc2C(N)=Nc2ccc(F)c(Br)c2)CC1. The number of nitrogens with one attached hydrogen (secondary N) is 1. The van der Waals surface area contributed by atoms with Gasteiger partial charge in [-0.3, -0.25) is 0 Å². The van der Waals surface area contributed by atoms with Gasteiger partial charge in [-0.25, -0.2) is 14.0 Å². The molecule has 2 heterocycles. The number of hydrogen-bond acceptors (Lipinski definition) is 6. The predicted octanol–water partition coefficient (Wildman–Crippen LogP) is 2.76. The number of aliphatic imine (C=N–C) groups is 1. The van der Waals surface area contributed by atoms with Crippen molar-refractivity contribution in [2.45, 2.75) is 12.8 Å². The van der Waals surface area contributed by atoms with E-state index in [4.69, 9.17) is 10.4 Å². The van der Waals surface area contributed by atoms with Crippen molar-refractivity contribution < 1.29 is 9.02 Å². The third kappa shape index (κ3) is 4.55. The number of amidine groups is 1. The highest BCUT2D eigenvalue weighted by Gasteiger charge is 2.19. The van der Waals surface area contributed by atoms with Crippen LogP contribution in [0, 0.1) is 11.7 Å². The van der Waals surface area contributed by atoms with Crippen molar-refractivity contribution in [3.8, 4) is 0 Å². The first-order chi connectivity index (χ1) is 12.0. The van der Waals surface area contributed by atoms with Crippen LogP contribution in [-0.4, -0.2) is 47.7 Å². The smallest absolute Gasteiger partial charge is 0.202 e. The Balaban J connectivity index is 1.67. The van der Waals surface area contributed by atoms with Gasteiger partial charge in [0.25, 0.3) is 0 Å². The minimum absolute atomic E-state index is 0.158. The maximum atomic E-state index is 13.3. The van der Waals surface area contributed by atoms with Crippen molar-refractivity contribution in [3.63, 3.8) is 0 Å². The van der Waals surface area contributed by atoms with Gasteiger partial charge in [-0.05, 0) is 83.3 Å². The summed E-state index contributed by atoms with van der Waals surface area (Å²) >= 11 is 3.12. The molecule has 0 saturated carbocycles. The van der Waals surface area contributed by atoms with Crippen molar-refractivity contribution >= 4 is 33.3 Å². The van der Waals surface area contributed by atoms with Crippen molar-refractivity contribution in [2.75, 3.05) is 32.0 Å². The first-order valence-electron chi connectivity index (χ1n) is 8.07. The van der Waals surface area contributed by atoms with Crippen LogP contribution in [0.3, 0.4) is 0 Å². The zero-order valence-corrected chi connectivity index (χ0v) is 15.5.